The first-order valence-corrected chi connectivity index (χ1v) is 14.3. The fourth-order valence-corrected chi connectivity index (χ4v) is 7.48. The molecule has 0 aliphatic heterocycles. The van der Waals surface area contributed by atoms with Gasteiger partial charge in [-0.2, -0.15) is 0 Å². The van der Waals surface area contributed by atoms with E-state index in [1.165, 1.54) is 44.8 Å². The molecule has 0 radical (unpaired) electrons. The van der Waals surface area contributed by atoms with Crippen LogP contribution in [-0.2, 0) is 21.1 Å². The van der Waals surface area contributed by atoms with Crippen molar-refractivity contribution in [3.63, 3.8) is 0 Å². The summed E-state index contributed by atoms with van der Waals surface area (Å²) in [4.78, 5) is 12.7. The Morgan fingerprint density at radius 1 is 0.892 bits per heavy atom. The summed E-state index contributed by atoms with van der Waals surface area (Å²) < 4.78 is 21.0. The number of hydrogen-bond donors (Lipinski definition) is 2. The predicted molar refractivity (Wildman–Crippen MR) is 151 cm³/mol. The minimum absolute atomic E-state index is 0.237. The normalized spacial score (nSPS) is 25.6. The van der Waals surface area contributed by atoms with Crippen LogP contribution < -0.4 is 10.0 Å². The summed E-state index contributed by atoms with van der Waals surface area (Å²) in [5.41, 5.74) is 4.40. The molecule has 0 heterocycles. The Morgan fingerprint density at radius 3 is 2.16 bits per heavy atom. The maximum Gasteiger partial charge on any atom is 0.339 e. The maximum absolute atomic E-state index is 13.0. The van der Waals surface area contributed by atoms with Crippen LogP contribution in [0.15, 0.2) is 77.7 Å². The van der Waals surface area contributed by atoms with Gasteiger partial charge < -0.3 is 14.8 Å². The van der Waals surface area contributed by atoms with Gasteiger partial charge in [-0.1, -0.05) is 38.1 Å². The molecule has 2 N–H and O–H groups in total. The number of methoxy groups -OCH3 is 1. The zero-order valence-corrected chi connectivity index (χ0v) is 22.6. The minimum atomic E-state index is -1.38. The molecular formula is C31H36N2O3S. The Morgan fingerprint density at radius 2 is 1.51 bits per heavy atom. The smallest absolute Gasteiger partial charge is 0.339 e. The monoisotopic (exact) mass is 516 g/mol. The Bertz CT molecular complexity index is 1250. The molecule has 2 saturated carbocycles. The number of hydrogen-bond acceptors (Lipinski definition) is 4. The van der Waals surface area contributed by atoms with E-state index in [0.29, 0.717) is 16.1 Å². The molecule has 3 atom stereocenters. The molecule has 37 heavy (non-hydrogen) atoms. The largest absolute Gasteiger partial charge is 0.465 e. The number of fused-ring (bicyclic) bond motifs is 2. The van der Waals surface area contributed by atoms with E-state index in [4.69, 9.17) is 4.74 Å². The minimum Gasteiger partial charge on any atom is -0.465 e. The first-order chi connectivity index (χ1) is 17.8. The number of anilines is 3. The molecule has 5 rings (SSSR count). The summed E-state index contributed by atoms with van der Waals surface area (Å²) in [6.07, 6.45) is 6.70. The van der Waals surface area contributed by atoms with E-state index >= 15 is 0 Å². The zero-order chi connectivity index (χ0) is 26.0. The molecule has 3 unspecified atom stereocenters. The highest BCUT2D eigenvalue weighted by Crippen LogP contribution is 2.51. The molecule has 2 fully saturated rings. The van der Waals surface area contributed by atoms with Crippen LogP contribution >= 0.6 is 0 Å². The number of benzene rings is 3. The lowest BCUT2D eigenvalue weighted by atomic mass is 9.57. The molecule has 0 spiro atoms. The SMILES string of the molecule is COC(=O)c1ccccc1Nc1ccc(S(=O)Nc2ccc(C3(C)CC4CC(C)CC(C4)C3)cc2)cc1. The van der Waals surface area contributed by atoms with Gasteiger partial charge in [-0.25, -0.2) is 9.00 Å². The summed E-state index contributed by atoms with van der Waals surface area (Å²) in [6, 6.07) is 23.1. The molecule has 6 heteroatoms. The number of esters is 1. The van der Waals surface area contributed by atoms with Crippen molar-refractivity contribution >= 4 is 34.0 Å². The van der Waals surface area contributed by atoms with E-state index in [1.54, 1.807) is 12.1 Å². The van der Waals surface area contributed by atoms with Gasteiger partial charge in [-0.3, -0.25) is 0 Å². The summed E-state index contributed by atoms with van der Waals surface area (Å²) in [7, 11) is -0.0176. The van der Waals surface area contributed by atoms with E-state index in [2.05, 4.69) is 48.2 Å². The molecular weight excluding hydrogens is 480 g/mol. The number of carbonyl (C=O) groups is 1. The van der Waals surface area contributed by atoms with Gasteiger partial charge in [-0.05, 0) is 109 Å². The van der Waals surface area contributed by atoms with Gasteiger partial charge in [0.2, 0.25) is 0 Å². The van der Waals surface area contributed by atoms with Gasteiger partial charge >= 0.3 is 5.97 Å². The van der Waals surface area contributed by atoms with Crippen LogP contribution in [0.2, 0.25) is 0 Å². The van der Waals surface area contributed by atoms with E-state index in [0.717, 1.165) is 29.1 Å². The first-order valence-electron chi connectivity index (χ1n) is 13.2. The van der Waals surface area contributed by atoms with Crippen molar-refractivity contribution in [2.75, 3.05) is 17.1 Å². The van der Waals surface area contributed by atoms with Gasteiger partial charge in [0, 0.05) is 11.4 Å². The molecule has 0 amide bonds. The Balaban J connectivity index is 1.22. The third-order valence-electron chi connectivity index (χ3n) is 8.09. The molecule has 3 aromatic carbocycles. The van der Waals surface area contributed by atoms with Gasteiger partial charge in [-0.15, -0.1) is 0 Å². The Kier molecular flexibility index (Phi) is 7.38. The summed E-state index contributed by atoms with van der Waals surface area (Å²) in [6.45, 7) is 4.85. The van der Waals surface area contributed by atoms with Crippen molar-refractivity contribution in [1.29, 1.82) is 0 Å². The van der Waals surface area contributed by atoms with Crippen molar-refractivity contribution in [3.05, 3.63) is 83.9 Å². The van der Waals surface area contributed by atoms with Gasteiger partial charge in [0.05, 0.1) is 23.3 Å². The highest BCUT2D eigenvalue weighted by Gasteiger charge is 2.41. The second-order valence-corrected chi connectivity index (χ2v) is 12.4. The molecule has 2 aliphatic rings. The number of para-hydroxylation sites is 1. The summed E-state index contributed by atoms with van der Waals surface area (Å²) in [5, 5.41) is 3.24. The van der Waals surface area contributed by atoms with Crippen LogP contribution in [0, 0.1) is 17.8 Å². The summed E-state index contributed by atoms with van der Waals surface area (Å²) in [5.74, 6) is 2.18. The Hall–Kier alpha value is -3.12. The molecule has 3 aromatic rings. The lowest BCUT2D eigenvalue weighted by molar-refractivity contribution is 0.0602. The molecule has 194 valence electrons. The Labute approximate surface area is 222 Å². The average Bonchev–Trinajstić information content (AvgIpc) is 2.88. The maximum atomic E-state index is 13.0. The number of nitrogens with one attached hydrogen (secondary N) is 2. The highest BCUT2D eigenvalue weighted by molar-refractivity contribution is 7.86. The lowest BCUT2D eigenvalue weighted by Crippen LogP contribution is -2.38. The molecule has 0 saturated heterocycles. The molecule has 0 aromatic heterocycles. The van der Waals surface area contributed by atoms with Crippen LogP contribution in [-0.4, -0.2) is 17.3 Å². The van der Waals surface area contributed by atoms with E-state index < -0.39 is 17.0 Å². The average molecular weight is 517 g/mol. The van der Waals surface area contributed by atoms with E-state index in [1.807, 2.05) is 36.4 Å². The van der Waals surface area contributed by atoms with Gasteiger partial charge in [0.1, 0.15) is 11.0 Å². The molecule has 2 bridgehead atoms. The second kappa shape index (κ2) is 10.7. The van der Waals surface area contributed by atoms with Crippen LogP contribution in [0.3, 0.4) is 0 Å². The van der Waals surface area contributed by atoms with Crippen molar-refractivity contribution < 1.29 is 13.7 Å². The van der Waals surface area contributed by atoms with Crippen molar-refractivity contribution in [2.45, 2.75) is 56.3 Å². The fourth-order valence-electron chi connectivity index (χ4n) is 6.63. The quantitative estimate of drug-likeness (QED) is 0.320. The van der Waals surface area contributed by atoms with Crippen LogP contribution in [0.5, 0.6) is 0 Å². The van der Waals surface area contributed by atoms with Crippen molar-refractivity contribution in [2.24, 2.45) is 17.8 Å². The van der Waals surface area contributed by atoms with Crippen LogP contribution in [0.25, 0.3) is 0 Å². The molecule has 5 nitrogen and oxygen atoms in total. The van der Waals surface area contributed by atoms with Crippen LogP contribution in [0.1, 0.15) is 61.9 Å². The fraction of sp³-hybridized carbons (Fsp3) is 0.387. The van der Waals surface area contributed by atoms with E-state index in [9.17, 15) is 9.00 Å². The van der Waals surface area contributed by atoms with Crippen LogP contribution in [0.4, 0.5) is 17.1 Å². The zero-order valence-electron chi connectivity index (χ0n) is 21.8. The predicted octanol–water partition coefficient (Wildman–Crippen LogP) is 7.46. The van der Waals surface area contributed by atoms with E-state index in [-0.39, 0.29) is 5.41 Å². The third kappa shape index (κ3) is 5.74. The topological polar surface area (TPSA) is 67.4 Å². The number of rotatable bonds is 7. The third-order valence-corrected chi connectivity index (χ3v) is 9.21. The highest BCUT2D eigenvalue weighted by atomic mass is 32.2. The van der Waals surface area contributed by atoms with Gasteiger partial charge in [0.25, 0.3) is 0 Å². The summed E-state index contributed by atoms with van der Waals surface area (Å²) >= 11 is 0. The molecule has 2 aliphatic carbocycles. The lowest BCUT2D eigenvalue weighted by Gasteiger charge is -2.47. The second-order valence-electron chi connectivity index (χ2n) is 11.1. The van der Waals surface area contributed by atoms with Crippen molar-refractivity contribution in [1.82, 2.24) is 0 Å². The number of carbonyl (C=O) groups excluding carboxylic acids is 1. The first kappa shape index (κ1) is 25.5. The standard InChI is InChI=1S/C31H36N2O3S/c1-21-16-22-18-23(17-21)20-31(2,19-22)24-8-10-26(11-9-24)33-37(35)27-14-12-25(13-15-27)32-29-7-5-4-6-28(29)30(34)36-3/h4-15,21-23,32-33H,16-20H2,1-3H3. The number of ether oxygens (including phenoxy) is 1. The van der Waals surface area contributed by atoms with Crippen molar-refractivity contribution in [3.8, 4) is 0 Å². The van der Waals surface area contributed by atoms with Gasteiger partial charge in [0.15, 0.2) is 0 Å².